The Balaban J connectivity index is 1.50. The molecule has 0 spiro atoms. The average Bonchev–Trinajstić information content (AvgIpc) is 3.28. The number of nitrogens with zero attached hydrogens (tertiary/aromatic N) is 5. The van der Waals surface area contributed by atoms with Crippen LogP contribution in [0.4, 0.5) is 5.69 Å². The molecule has 27 heavy (non-hydrogen) atoms. The third-order valence-electron chi connectivity index (χ3n) is 4.04. The monoisotopic (exact) mass is 396 g/mol. The maximum absolute atomic E-state index is 12.4. The van der Waals surface area contributed by atoms with E-state index in [-0.39, 0.29) is 11.7 Å². The van der Waals surface area contributed by atoms with E-state index in [9.17, 15) is 4.79 Å². The van der Waals surface area contributed by atoms with Crippen LogP contribution >= 0.6 is 23.5 Å². The molecule has 0 saturated heterocycles. The third-order valence-corrected chi connectivity index (χ3v) is 5.52. The molecule has 0 aliphatic heterocycles. The summed E-state index contributed by atoms with van der Waals surface area (Å²) < 4.78 is 10.4. The second kappa shape index (κ2) is 7.45. The van der Waals surface area contributed by atoms with Gasteiger partial charge in [0.15, 0.2) is 5.16 Å². The fraction of sp³-hybridized carbons (Fsp3) is 0.167. The molecule has 0 radical (unpaired) electrons. The average molecular weight is 397 g/mol. The molecule has 2 heterocycles. The molecule has 1 amide bonds. The highest BCUT2D eigenvalue weighted by Crippen LogP contribution is 2.25. The quantitative estimate of drug-likeness (QED) is 0.519. The molecule has 4 aromatic rings. The van der Waals surface area contributed by atoms with E-state index < -0.39 is 0 Å². The van der Waals surface area contributed by atoms with Crippen molar-refractivity contribution in [1.82, 2.24) is 23.5 Å². The summed E-state index contributed by atoms with van der Waals surface area (Å²) in [7, 11) is 0. The van der Waals surface area contributed by atoms with Gasteiger partial charge in [-0.15, -0.1) is 10.2 Å². The van der Waals surface area contributed by atoms with Crippen LogP contribution in [0.1, 0.15) is 11.4 Å². The lowest BCUT2D eigenvalue weighted by molar-refractivity contribution is -0.113. The van der Waals surface area contributed by atoms with Gasteiger partial charge in [-0.25, -0.2) is 0 Å². The third kappa shape index (κ3) is 3.56. The van der Waals surface area contributed by atoms with E-state index in [1.165, 1.54) is 11.8 Å². The minimum absolute atomic E-state index is 0.127. The van der Waals surface area contributed by atoms with Crippen LogP contribution in [0.15, 0.2) is 47.6 Å². The Labute approximate surface area is 164 Å². The molecule has 2 aromatic heterocycles. The second-order valence-electron chi connectivity index (χ2n) is 5.93. The van der Waals surface area contributed by atoms with Crippen LogP contribution in [0.5, 0.6) is 0 Å². The smallest absolute Gasteiger partial charge is 0.234 e. The van der Waals surface area contributed by atoms with Crippen molar-refractivity contribution in [2.45, 2.75) is 19.0 Å². The van der Waals surface area contributed by atoms with Crippen molar-refractivity contribution in [3.63, 3.8) is 0 Å². The van der Waals surface area contributed by atoms with E-state index in [4.69, 9.17) is 0 Å². The zero-order valence-electron chi connectivity index (χ0n) is 14.7. The number of amides is 1. The first-order chi connectivity index (χ1) is 13.1. The predicted octanol–water partition coefficient (Wildman–Crippen LogP) is 3.62. The van der Waals surface area contributed by atoms with Crippen molar-refractivity contribution in [3.8, 4) is 5.69 Å². The van der Waals surface area contributed by atoms with Gasteiger partial charge in [-0.05, 0) is 37.6 Å². The van der Waals surface area contributed by atoms with Crippen molar-refractivity contribution in [3.05, 3.63) is 53.9 Å². The number of fused-ring (bicyclic) bond motifs is 1. The largest absolute Gasteiger partial charge is 0.323 e. The predicted molar refractivity (Wildman–Crippen MR) is 108 cm³/mol. The van der Waals surface area contributed by atoms with Gasteiger partial charge < -0.3 is 5.32 Å². The summed E-state index contributed by atoms with van der Waals surface area (Å²) in [4.78, 5) is 12.4. The van der Waals surface area contributed by atoms with Gasteiger partial charge >= 0.3 is 0 Å². The van der Waals surface area contributed by atoms with Gasteiger partial charge in [-0.1, -0.05) is 36.0 Å². The fourth-order valence-electron chi connectivity index (χ4n) is 2.75. The molecule has 4 rings (SSSR count). The van der Waals surface area contributed by atoms with Crippen LogP contribution in [-0.2, 0) is 4.79 Å². The molecule has 0 atom stereocenters. The molecule has 136 valence electrons. The molecular formula is C18H16N6OS2. The lowest BCUT2D eigenvalue weighted by Gasteiger charge is -2.11. The molecule has 2 aromatic carbocycles. The van der Waals surface area contributed by atoms with E-state index in [0.717, 1.165) is 34.3 Å². The summed E-state index contributed by atoms with van der Waals surface area (Å²) in [5.74, 6) is 0.876. The normalized spacial score (nSPS) is 11.0. The number of aromatic nitrogens is 5. The minimum atomic E-state index is -0.127. The zero-order chi connectivity index (χ0) is 18.8. The molecule has 7 nitrogen and oxygen atoms in total. The lowest BCUT2D eigenvalue weighted by Crippen LogP contribution is -2.15. The number of hydrogen-bond donors (Lipinski definition) is 1. The Hall–Kier alpha value is -2.78. The summed E-state index contributed by atoms with van der Waals surface area (Å²) >= 11 is 2.48. The maximum Gasteiger partial charge on any atom is 0.234 e. The van der Waals surface area contributed by atoms with E-state index in [1.807, 2.05) is 60.9 Å². The van der Waals surface area contributed by atoms with Crippen LogP contribution in [0.3, 0.4) is 0 Å². The Morgan fingerprint density at radius 3 is 2.81 bits per heavy atom. The second-order valence-corrected chi connectivity index (χ2v) is 7.40. The van der Waals surface area contributed by atoms with Crippen molar-refractivity contribution >= 4 is 46.1 Å². The molecule has 1 N–H and O–H groups in total. The molecule has 9 heteroatoms. The number of thioether (sulfide) groups is 1. The number of carbonyl (C=O) groups excluding carboxylic acids is 1. The lowest BCUT2D eigenvalue weighted by atomic mass is 10.2. The van der Waals surface area contributed by atoms with E-state index in [0.29, 0.717) is 16.4 Å². The number of aryl methyl sites for hydroxylation is 2. The number of carbonyl (C=O) groups is 1. The molecule has 0 saturated carbocycles. The SMILES string of the molecule is Cc1ccccc1-n1c(C)nnc1SCC(=O)Nc1cccc2nsnc12. The first-order valence-corrected chi connectivity index (χ1v) is 9.97. The van der Waals surface area contributed by atoms with E-state index in [2.05, 4.69) is 24.3 Å². The maximum atomic E-state index is 12.4. The van der Waals surface area contributed by atoms with E-state index >= 15 is 0 Å². The van der Waals surface area contributed by atoms with Crippen LogP contribution in [0, 0.1) is 13.8 Å². The summed E-state index contributed by atoms with van der Waals surface area (Å²) in [5, 5.41) is 12.0. The van der Waals surface area contributed by atoms with Gasteiger partial charge in [-0.2, -0.15) is 8.75 Å². The number of rotatable bonds is 5. The molecular weight excluding hydrogens is 380 g/mol. The van der Waals surface area contributed by atoms with Gasteiger partial charge in [0.2, 0.25) is 5.91 Å². The van der Waals surface area contributed by atoms with E-state index in [1.54, 1.807) is 0 Å². The van der Waals surface area contributed by atoms with Crippen LogP contribution in [-0.4, -0.2) is 35.2 Å². The topological polar surface area (TPSA) is 85.6 Å². The summed E-state index contributed by atoms with van der Waals surface area (Å²) in [6.07, 6.45) is 0. The van der Waals surface area contributed by atoms with Crippen LogP contribution in [0.25, 0.3) is 16.7 Å². The summed E-state index contributed by atoms with van der Waals surface area (Å²) in [5.41, 5.74) is 4.29. The van der Waals surface area contributed by atoms with Crippen molar-refractivity contribution < 1.29 is 4.79 Å². The number of benzene rings is 2. The molecule has 0 fully saturated rings. The summed E-state index contributed by atoms with van der Waals surface area (Å²) in [6, 6.07) is 13.6. The first kappa shape index (κ1) is 17.6. The van der Waals surface area contributed by atoms with Gasteiger partial charge in [0, 0.05) is 0 Å². The minimum Gasteiger partial charge on any atom is -0.323 e. The van der Waals surface area contributed by atoms with Gasteiger partial charge in [0.25, 0.3) is 0 Å². The highest BCUT2D eigenvalue weighted by molar-refractivity contribution is 7.99. The van der Waals surface area contributed by atoms with Gasteiger partial charge in [0.1, 0.15) is 16.9 Å². The van der Waals surface area contributed by atoms with Gasteiger partial charge in [-0.3, -0.25) is 9.36 Å². The Kier molecular flexibility index (Phi) is 4.87. The number of anilines is 1. The molecule has 0 unspecified atom stereocenters. The summed E-state index contributed by atoms with van der Waals surface area (Å²) in [6.45, 7) is 3.94. The highest BCUT2D eigenvalue weighted by atomic mass is 32.2. The number of nitrogens with one attached hydrogen (secondary N) is 1. The van der Waals surface area contributed by atoms with Crippen molar-refractivity contribution in [2.24, 2.45) is 0 Å². The zero-order valence-corrected chi connectivity index (χ0v) is 16.3. The Bertz CT molecular complexity index is 1120. The molecule has 0 aliphatic rings. The van der Waals surface area contributed by atoms with Crippen molar-refractivity contribution in [2.75, 3.05) is 11.1 Å². The Morgan fingerprint density at radius 1 is 1.11 bits per heavy atom. The standard InChI is InChI=1S/C18H16N6OS2/c1-11-6-3-4-9-15(11)24-12(2)20-21-18(24)26-10-16(25)19-13-7-5-8-14-17(13)23-27-22-14/h3-9H,10H2,1-2H3,(H,19,25). The first-order valence-electron chi connectivity index (χ1n) is 8.25. The molecule has 0 bridgehead atoms. The fourth-order valence-corrected chi connectivity index (χ4v) is 4.09. The van der Waals surface area contributed by atoms with Crippen molar-refractivity contribution in [1.29, 1.82) is 0 Å². The van der Waals surface area contributed by atoms with Gasteiger partial charge in [0.05, 0.1) is 28.9 Å². The van der Waals surface area contributed by atoms with Crippen LogP contribution in [0.2, 0.25) is 0 Å². The van der Waals surface area contributed by atoms with Crippen LogP contribution < -0.4 is 5.32 Å². The number of hydrogen-bond acceptors (Lipinski definition) is 7. The Morgan fingerprint density at radius 2 is 1.96 bits per heavy atom. The molecule has 0 aliphatic carbocycles. The number of para-hydroxylation sites is 1. The highest BCUT2D eigenvalue weighted by Gasteiger charge is 2.15.